The summed E-state index contributed by atoms with van der Waals surface area (Å²) in [5, 5.41) is 0. The molecule has 0 radical (unpaired) electrons. The van der Waals surface area contributed by atoms with Gasteiger partial charge in [0.05, 0.1) is 6.10 Å². The second-order valence-electron chi connectivity index (χ2n) is 4.09. The summed E-state index contributed by atoms with van der Waals surface area (Å²) in [6.07, 6.45) is 2.11. The number of aryl methyl sites for hydroxylation is 1. The van der Waals surface area contributed by atoms with Gasteiger partial charge in [0.25, 0.3) is 0 Å². The van der Waals surface area contributed by atoms with Gasteiger partial charge >= 0.3 is 0 Å². The number of benzene rings is 1. The zero-order valence-electron chi connectivity index (χ0n) is 10.2. The van der Waals surface area contributed by atoms with E-state index in [0.717, 1.165) is 28.6 Å². The van der Waals surface area contributed by atoms with Crippen LogP contribution in [0.2, 0.25) is 0 Å². The molecule has 1 aromatic rings. The van der Waals surface area contributed by atoms with Crippen LogP contribution in [0.1, 0.15) is 31.4 Å². The average molecular weight is 286 g/mol. The highest BCUT2D eigenvalue weighted by Crippen LogP contribution is 2.29. The van der Waals surface area contributed by atoms with E-state index in [4.69, 9.17) is 10.5 Å². The van der Waals surface area contributed by atoms with Crippen LogP contribution in [0.25, 0.3) is 0 Å². The van der Waals surface area contributed by atoms with Crippen molar-refractivity contribution in [2.75, 3.05) is 6.54 Å². The zero-order valence-corrected chi connectivity index (χ0v) is 11.8. The third kappa shape index (κ3) is 3.49. The first-order valence-electron chi connectivity index (χ1n) is 5.74. The van der Waals surface area contributed by atoms with Crippen LogP contribution in [0.3, 0.4) is 0 Å². The summed E-state index contributed by atoms with van der Waals surface area (Å²) in [6.45, 7) is 6.93. The van der Waals surface area contributed by atoms with E-state index in [9.17, 15) is 0 Å². The number of ether oxygens (including phenoxy) is 1. The molecule has 2 nitrogen and oxygen atoms in total. The summed E-state index contributed by atoms with van der Waals surface area (Å²) in [7, 11) is 0. The van der Waals surface area contributed by atoms with Crippen LogP contribution in [0.4, 0.5) is 0 Å². The molecular formula is C13H20BrNO. The minimum Gasteiger partial charge on any atom is -0.490 e. The van der Waals surface area contributed by atoms with E-state index in [0.29, 0.717) is 6.54 Å². The smallest absolute Gasteiger partial charge is 0.125 e. The molecule has 3 heteroatoms. The van der Waals surface area contributed by atoms with Gasteiger partial charge in [-0.2, -0.15) is 0 Å². The van der Waals surface area contributed by atoms with Crippen LogP contribution < -0.4 is 10.5 Å². The van der Waals surface area contributed by atoms with Gasteiger partial charge in [-0.15, -0.1) is 0 Å². The molecule has 0 heterocycles. The predicted octanol–water partition coefficient (Wildman–Crippen LogP) is 3.44. The van der Waals surface area contributed by atoms with Crippen LogP contribution in [-0.2, 0) is 6.42 Å². The summed E-state index contributed by atoms with van der Waals surface area (Å²) in [5.74, 6) is 1.00. The topological polar surface area (TPSA) is 35.2 Å². The Morgan fingerprint density at radius 2 is 2.12 bits per heavy atom. The molecule has 0 saturated heterocycles. The van der Waals surface area contributed by atoms with E-state index in [-0.39, 0.29) is 6.10 Å². The van der Waals surface area contributed by atoms with E-state index in [1.54, 1.807) is 0 Å². The first-order valence-corrected chi connectivity index (χ1v) is 6.53. The van der Waals surface area contributed by atoms with Crippen molar-refractivity contribution in [3.63, 3.8) is 0 Å². The molecule has 1 rings (SSSR count). The monoisotopic (exact) mass is 285 g/mol. The van der Waals surface area contributed by atoms with Crippen LogP contribution in [0, 0.1) is 6.92 Å². The fourth-order valence-corrected chi connectivity index (χ4v) is 2.21. The quantitative estimate of drug-likeness (QED) is 0.900. The number of halogens is 1. The molecule has 0 aromatic heterocycles. The Morgan fingerprint density at radius 3 is 2.69 bits per heavy atom. The largest absolute Gasteiger partial charge is 0.490 e. The molecule has 0 aliphatic rings. The van der Waals surface area contributed by atoms with Crippen molar-refractivity contribution in [1.29, 1.82) is 0 Å². The summed E-state index contributed by atoms with van der Waals surface area (Å²) in [5.41, 5.74) is 7.98. The van der Waals surface area contributed by atoms with Crippen molar-refractivity contribution in [2.24, 2.45) is 5.73 Å². The van der Waals surface area contributed by atoms with Gasteiger partial charge in [0.15, 0.2) is 0 Å². The van der Waals surface area contributed by atoms with Gasteiger partial charge in [-0.25, -0.2) is 0 Å². The van der Waals surface area contributed by atoms with Gasteiger partial charge in [0, 0.05) is 4.47 Å². The summed E-state index contributed by atoms with van der Waals surface area (Å²) >= 11 is 3.50. The number of hydrogen-bond donors (Lipinski definition) is 1. The van der Waals surface area contributed by atoms with E-state index in [1.165, 1.54) is 5.56 Å². The predicted molar refractivity (Wildman–Crippen MR) is 72.0 cm³/mol. The average Bonchev–Trinajstić information content (AvgIpc) is 2.23. The molecule has 0 amide bonds. The van der Waals surface area contributed by atoms with Gasteiger partial charge < -0.3 is 10.5 Å². The summed E-state index contributed by atoms with van der Waals surface area (Å²) in [4.78, 5) is 0. The van der Waals surface area contributed by atoms with Crippen molar-refractivity contribution in [1.82, 2.24) is 0 Å². The molecule has 0 saturated carbocycles. The third-order valence-electron chi connectivity index (χ3n) is 2.62. The standard InChI is InChI=1S/C13H20BrNO/c1-4-10(3)16-13-9(2)7-12(14)8-11(13)5-6-15/h7-8,10H,4-6,15H2,1-3H3. The van der Waals surface area contributed by atoms with Crippen LogP contribution >= 0.6 is 15.9 Å². The molecule has 0 aliphatic heterocycles. The highest BCUT2D eigenvalue weighted by Gasteiger charge is 2.11. The molecule has 0 spiro atoms. The first kappa shape index (κ1) is 13.5. The second-order valence-corrected chi connectivity index (χ2v) is 5.00. The fourth-order valence-electron chi connectivity index (χ4n) is 1.59. The Hall–Kier alpha value is -0.540. The Morgan fingerprint density at radius 1 is 1.44 bits per heavy atom. The lowest BCUT2D eigenvalue weighted by atomic mass is 10.1. The molecule has 2 N–H and O–H groups in total. The highest BCUT2D eigenvalue weighted by molar-refractivity contribution is 9.10. The van der Waals surface area contributed by atoms with Crippen molar-refractivity contribution < 1.29 is 4.74 Å². The Balaban J connectivity index is 3.03. The van der Waals surface area contributed by atoms with Gasteiger partial charge in [0.1, 0.15) is 5.75 Å². The van der Waals surface area contributed by atoms with E-state index in [2.05, 4.69) is 48.8 Å². The molecule has 1 unspecified atom stereocenters. The SMILES string of the molecule is CCC(C)Oc1c(C)cc(Br)cc1CCN. The summed E-state index contributed by atoms with van der Waals surface area (Å²) < 4.78 is 7.04. The first-order chi connectivity index (χ1) is 7.58. The maximum Gasteiger partial charge on any atom is 0.125 e. The molecule has 0 bridgehead atoms. The van der Waals surface area contributed by atoms with E-state index < -0.39 is 0 Å². The van der Waals surface area contributed by atoms with Gasteiger partial charge in [0.2, 0.25) is 0 Å². The van der Waals surface area contributed by atoms with E-state index in [1.807, 2.05) is 0 Å². The van der Waals surface area contributed by atoms with Crippen molar-refractivity contribution in [3.8, 4) is 5.75 Å². The maximum absolute atomic E-state index is 5.96. The highest BCUT2D eigenvalue weighted by atomic mass is 79.9. The normalized spacial score (nSPS) is 12.6. The molecular weight excluding hydrogens is 266 g/mol. The number of nitrogens with two attached hydrogens (primary N) is 1. The second kappa shape index (κ2) is 6.26. The fraction of sp³-hybridized carbons (Fsp3) is 0.538. The Labute approximate surface area is 106 Å². The van der Waals surface area contributed by atoms with Crippen LogP contribution in [-0.4, -0.2) is 12.6 Å². The third-order valence-corrected chi connectivity index (χ3v) is 3.08. The Bertz CT molecular complexity index is 352. The van der Waals surface area contributed by atoms with Crippen molar-refractivity contribution >= 4 is 15.9 Å². The minimum absolute atomic E-state index is 0.247. The lowest BCUT2D eigenvalue weighted by Gasteiger charge is -2.18. The van der Waals surface area contributed by atoms with Crippen molar-refractivity contribution in [2.45, 2.75) is 39.7 Å². The van der Waals surface area contributed by atoms with Crippen LogP contribution in [0.15, 0.2) is 16.6 Å². The van der Waals surface area contributed by atoms with Gasteiger partial charge in [-0.1, -0.05) is 22.9 Å². The molecule has 1 atom stereocenters. The summed E-state index contributed by atoms with van der Waals surface area (Å²) in [6, 6.07) is 4.18. The molecule has 0 fully saturated rings. The molecule has 16 heavy (non-hydrogen) atoms. The van der Waals surface area contributed by atoms with Crippen LogP contribution in [0.5, 0.6) is 5.75 Å². The molecule has 1 aromatic carbocycles. The molecule has 0 aliphatic carbocycles. The number of hydrogen-bond acceptors (Lipinski definition) is 2. The van der Waals surface area contributed by atoms with Gasteiger partial charge in [-0.05, 0) is 56.5 Å². The lowest BCUT2D eigenvalue weighted by molar-refractivity contribution is 0.214. The lowest BCUT2D eigenvalue weighted by Crippen LogP contribution is -2.13. The zero-order chi connectivity index (χ0) is 12.1. The maximum atomic E-state index is 5.96. The van der Waals surface area contributed by atoms with E-state index >= 15 is 0 Å². The minimum atomic E-state index is 0.247. The molecule has 90 valence electrons. The van der Waals surface area contributed by atoms with Gasteiger partial charge in [-0.3, -0.25) is 0 Å². The number of rotatable bonds is 5. The van der Waals surface area contributed by atoms with Crippen molar-refractivity contribution in [3.05, 3.63) is 27.7 Å². The Kier molecular flexibility index (Phi) is 5.29.